The number of halogens is 2. The van der Waals surface area contributed by atoms with Crippen LogP contribution in [0.1, 0.15) is 18.4 Å². The normalized spacial score (nSPS) is 14.6. The Morgan fingerprint density at radius 3 is 2.89 bits per heavy atom. The number of benzene rings is 1. The summed E-state index contributed by atoms with van der Waals surface area (Å²) in [6, 6.07) is 4.10. The molecule has 1 fully saturated rings. The van der Waals surface area contributed by atoms with E-state index in [4.69, 9.17) is 0 Å². The molecule has 1 N–H and O–H groups in total. The lowest BCUT2D eigenvalue weighted by atomic mass is 10.2. The van der Waals surface area contributed by atoms with Gasteiger partial charge in [0.1, 0.15) is 0 Å². The Labute approximate surface area is 109 Å². The largest absolute Gasteiger partial charge is 0.355 e. The van der Waals surface area contributed by atoms with Crippen molar-refractivity contribution in [1.82, 2.24) is 5.32 Å². The molecule has 0 bridgehead atoms. The van der Waals surface area contributed by atoms with E-state index in [-0.39, 0.29) is 11.7 Å². The summed E-state index contributed by atoms with van der Waals surface area (Å²) in [4.78, 5) is 11.4. The smallest absolute Gasteiger partial charge is 0.230 e. The van der Waals surface area contributed by atoms with Crippen LogP contribution < -0.4 is 5.32 Å². The predicted molar refractivity (Wildman–Crippen MR) is 68.3 cm³/mol. The molecule has 0 radical (unpaired) electrons. The van der Waals surface area contributed by atoms with Crippen LogP contribution in [-0.2, 0) is 10.5 Å². The van der Waals surface area contributed by atoms with E-state index in [1.165, 1.54) is 36.7 Å². The molecule has 18 heavy (non-hydrogen) atoms. The number of hydrogen-bond acceptors (Lipinski definition) is 2. The minimum atomic E-state index is -0.841. The van der Waals surface area contributed by atoms with Gasteiger partial charge < -0.3 is 5.32 Å². The van der Waals surface area contributed by atoms with Crippen molar-refractivity contribution in [2.24, 2.45) is 5.92 Å². The number of amides is 1. The second-order valence-corrected chi connectivity index (χ2v) is 5.44. The van der Waals surface area contributed by atoms with Gasteiger partial charge in [0.2, 0.25) is 5.91 Å². The van der Waals surface area contributed by atoms with Gasteiger partial charge >= 0.3 is 0 Å². The third-order valence-electron chi connectivity index (χ3n) is 2.81. The third kappa shape index (κ3) is 3.98. The Morgan fingerprint density at radius 1 is 1.39 bits per heavy atom. The Hall–Kier alpha value is -1.10. The van der Waals surface area contributed by atoms with E-state index in [9.17, 15) is 13.6 Å². The van der Waals surface area contributed by atoms with Gasteiger partial charge in [0.25, 0.3) is 0 Å². The topological polar surface area (TPSA) is 29.1 Å². The van der Waals surface area contributed by atoms with Crippen LogP contribution in [0.2, 0.25) is 0 Å². The Balaban J connectivity index is 1.70. The first-order valence-electron chi connectivity index (χ1n) is 5.94. The molecule has 98 valence electrons. The molecule has 0 unspecified atom stereocenters. The van der Waals surface area contributed by atoms with Crippen LogP contribution in [0.15, 0.2) is 18.2 Å². The van der Waals surface area contributed by atoms with Crippen LogP contribution in [0.4, 0.5) is 8.78 Å². The van der Waals surface area contributed by atoms with E-state index in [2.05, 4.69) is 5.32 Å². The lowest BCUT2D eigenvalue weighted by Crippen LogP contribution is -2.27. The summed E-state index contributed by atoms with van der Waals surface area (Å²) in [6.07, 6.45) is 2.39. The molecule has 1 amide bonds. The van der Waals surface area contributed by atoms with Crippen LogP contribution in [-0.4, -0.2) is 18.2 Å². The van der Waals surface area contributed by atoms with Gasteiger partial charge in [-0.25, -0.2) is 8.78 Å². The maximum Gasteiger partial charge on any atom is 0.230 e. The van der Waals surface area contributed by atoms with Crippen molar-refractivity contribution in [3.8, 4) is 0 Å². The average molecular weight is 271 g/mol. The van der Waals surface area contributed by atoms with Crippen LogP contribution in [0, 0.1) is 17.6 Å². The summed E-state index contributed by atoms with van der Waals surface area (Å²) in [5.74, 6) is -0.457. The van der Waals surface area contributed by atoms with Gasteiger partial charge in [-0.15, -0.1) is 11.8 Å². The first-order valence-corrected chi connectivity index (χ1v) is 7.09. The number of rotatable bonds is 6. The highest BCUT2D eigenvalue weighted by Crippen LogP contribution is 2.27. The molecule has 2 rings (SSSR count). The molecule has 0 spiro atoms. The van der Waals surface area contributed by atoms with E-state index in [0.717, 1.165) is 12.6 Å². The summed E-state index contributed by atoms with van der Waals surface area (Å²) in [5, 5.41) is 2.83. The SMILES string of the molecule is O=C(CSCc1cccc(F)c1F)NCC1CC1. The van der Waals surface area contributed by atoms with Crippen LogP contribution in [0.5, 0.6) is 0 Å². The van der Waals surface area contributed by atoms with Gasteiger partial charge in [-0.05, 0) is 24.8 Å². The van der Waals surface area contributed by atoms with Crippen molar-refractivity contribution in [3.63, 3.8) is 0 Å². The molecule has 2 nitrogen and oxygen atoms in total. The zero-order chi connectivity index (χ0) is 13.0. The number of thioether (sulfide) groups is 1. The van der Waals surface area contributed by atoms with Gasteiger partial charge in [0.15, 0.2) is 11.6 Å². The van der Waals surface area contributed by atoms with Gasteiger partial charge in [0, 0.05) is 17.9 Å². The molecule has 5 heteroatoms. The van der Waals surface area contributed by atoms with Crippen molar-refractivity contribution in [3.05, 3.63) is 35.4 Å². The van der Waals surface area contributed by atoms with Crippen LogP contribution in [0.25, 0.3) is 0 Å². The molecule has 0 saturated heterocycles. The van der Waals surface area contributed by atoms with Crippen LogP contribution in [0.3, 0.4) is 0 Å². The van der Waals surface area contributed by atoms with E-state index in [1.807, 2.05) is 0 Å². The van der Waals surface area contributed by atoms with Crippen molar-refractivity contribution < 1.29 is 13.6 Å². The van der Waals surface area contributed by atoms with Gasteiger partial charge in [0.05, 0.1) is 5.75 Å². The van der Waals surface area contributed by atoms with Crippen LogP contribution >= 0.6 is 11.8 Å². The fraction of sp³-hybridized carbons (Fsp3) is 0.462. The second-order valence-electron chi connectivity index (χ2n) is 4.45. The van der Waals surface area contributed by atoms with E-state index in [1.54, 1.807) is 0 Å². The molecule has 1 aromatic rings. The van der Waals surface area contributed by atoms with Gasteiger partial charge in [-0.1, -0.05) is 12.1 Å². The Bertz CT molecular complexity index is 435. The first kappa shape index (κ1) is 13.3. The van der Waals surface area contributed by atoms with Gasteiger partial charge in [-0.2, -0.15) is 0 Å². The minimum Gasteiger partial charge on any atom is -0.355 e. The van der Waals surface area contributed by atoms with Gasteiger partial charge in [-0.3, -0.25) is 4.79 Å². The zero-order valence-corrected chi connectivity index (χ0v) is 10.7. The molecular weight excluding hydrogens is 256 g/mol. The molecule has 1 saturated carbocycles. The summed E-state index contributed by atoms with van der Waals surface area (Å²) < 4.78 is 26.2. The Kier molecular flexibility index (Phi) is 4.58. The average Bonchev–Trinajstić information content (AvgIpc) is 3.16. The molecular formula is C13H15F2NOS. The van der Waals surface area contributed by atoms with Crippen molar-refractivity contribution in [2.45, 2.75) is 18.6 Å². The van der Waals surface area contributed by atoms with E-state index >= 15 is 0 Å². The van der Waals surface area contributed by atoms with E-state index < -0.39 is 11.6 Å². The molecule has 1 aliphatic rings. The predicted octanol–water partition coefficient (Wildman–Crippen LogP) is 2.72. The molecule has 1 aliphatic carbocycles. The summed E-state index contributed by atoms with van der Waals surface area (Å²) in [6.45, 7) is 0.744. The fourth-order valence-electron chi connectivity index (χ4n) is 1.54. The van der Waals surface area contributed by atoms with Crippen molar-refractivity contribution in [2.75, 3.05) is 12.3 Å². The highest BCUT2D eigenvalue weighted by atomic mass is 32.2. The molecule has 0 heterocycles. The quantitative estimate of drug-likeness (QED) is 0.862. The molecule has 0 aromatic heterocycles. The molecule has 0 atom stereocenters. The molecule has 0 aliphatic heterocycles. The second kappa shape index (κ2) is 6.18. The lowest BCUT2D eigenvalue weighted by molar-refractivity contribution is -0.118. The summed E-state index contributed by atoms with van der Waals surface area (Å²) in [7, 11) is 0. The fourth-order valence-corrected chi connectivity index (χ4v) is 2.38. The van der Waals surface area contributed by atoms with Crippen molar-refractivity contribution in [1.29, 1.82) is 0 Å². The number of carbonyl (C=O) groups excluding carboxylic acids is 1. The zero-order valence-electron chi connectivity index (χ0n) is 9.92. The Morgan fingerprint density at radius 2 is 2.17 bits per heavy atom. The maximum atomic E-state index is 13.3. The summed E-state index contributed by atoms with van der Waals surface area (Å²) in [5.41, 5.74) is 0.301. The number of carbonyl (C=O) groups is 1. The standard InChI is InChI=1S/C13H15F2NOS/c14-11-3-1-2-10(13(11)15)7-18-8-12(17)16-6-9-4-5-9/h1-3,9H,4-8H2,(H,16,17). The number of nitrogens with one attached hydrogen (secondary N) is 1. The third-order valence-corrected chi connectivity index (χ3v) is 3.79. The molecule has 1 aromatic carbocycles. The number of hydrogen-bond donors (Lipinski definition) is 1. The van der Waals surface area contributed by atoms with Crippen molar-refractivity contribution >= 4 is 17.7 Å². The monoisotopic (exact) mass is 271 g/mol. The lowest BCUT2D eigenvalue weighted by Gasteiger charge is -2.05. The maximum absolute atomic E-state index is 13.3. The highest BCUT2D eigenvalue weighted by Gasteiger charge is 2.21. The van der Waals surface area contributed by atoms with E-state index in [0.29, 0.717) is 17.2 Å². The highest BCUT2D eigenvalue weighted by molar-refractivity contribution is 7.99. The summed E-state index contributed by atoms with van der Waals surface area (Å²) >= 11 is 1.29. The minimum absolute atomic E-state index is 0.0382. The first-order chi connectivity index (χ1) is 8.66.